The fourth-order valence-electron chi connectivity index (χ4n) is 3.33. The molecule has 1 aromatic rings. The molecule has 0 unspecified atom stereocenters. The van der Waals surface area contributed by atoms with Gasteiger partial charge in [0.1, 0.15) is 5.75 Å². The molecule has 0 fully saturated rings. The maximum Gasteiger partial charge on any atom is 0.278 e. The lowest BCUT2D eigenvalue weighted by atomic mass is 10.0. The van der Waals surface area contributed by atoms with Gasteiger partial charge in [-0.25, -0.2) is 0 Å². The first-order chi connectivity index (χ1) is 14.1. The van der Waals surface area contributed by atoms with Gasteiger partial charge in [0.2, 0.25) is 8.32 Å². The van der Waals surface area contributed by atoms with Gasteiger partial charge in [-0.05, 0) is 69.8 Å². The van der Waals surface area contributed by atoms with Crippen molar-refractivity contribution in [3.63, 3.8) is 0 Å². The monoisotopic (exact) mass is 449 g/mol. The summed E-state index contributed by atoms with van der Waals surface area (Å²) < 4.78 is 12.0. The Hall–Kier alpha value is -1.08. The van der Waals surface area contributed by atoms with Gasteiger partial charge in [0.15, 0.2) is 0 Å². The van der Waals surface area contributed by atoms with E-state index in [0.717, 1.165) is 17.7 Å². The molecule has 0 bridgehead atoms. The third kappa shape index (κ3) is 14.0. The summed E-state index contributed by atoms with van der Waals surface area (Å²) in [6, 6.07) is 6.58. The number of unbranched alkanes of at least 4 members (excludes halogenated alkanes) is 9. The van der Waals surface area contributed by atoms with Gasteiger partial charge < -0.3 is 8.95 Å². The maximum atomic E-state index is 6.28. The van der Waals surface area contributed by atoms with Crippen LogP contribution in [0.15, 0.2) is 23.4 Å². The normalized spacial score (nSPS) is 12.5. The maximum absolute atomic E-state index is 6.28. The highest BCUT2D eigenvalue weighted by atomic mass is 28.4. The Bertz CT molecular complexity index is 619. The van der Waals surface area contributed by atoms with Gasteiger partial charge in [-0.3, -0.25) is 0 Å². The second kappa shape index (κ2) is 14.1. The molecule has 5 heteroatoms. The molecule has 0 amide bonds. The number of benzene rings is 1. The van der Waals surface area contributed by atoms with E-state index in [9.17, 15) is 0 Å². The van der Waals surface area contributed by atoms with E-state index in [1.165, 1.54) is 69.8 Å². The average molecular weight is 450 g/mol. The zero-order chi connectivity index (χ0) is 22.5. The summed E-state index contributed by atoms with van der Waals surface area (Å²) in [6.07, 6.45) is 16.7. The Morgan fingerprint density at radius 3 is 1.87 bits per heavy atom. The van der Waals surface area contributed by atoms with E-state index in [-0.39, 0.29) is 0 Å². The van der Waals surface area contributed by atoms with Gasteiger partial charge >= 0.3 is 0 Å². The van der Waals surface area contributed by atoms with Crippen LogP contribution in [0.5, 0.6) is 5.75 Å². The average Bonchev–Trinajstić information content (AvgIpc) is 2.63. The number of hydrogen-bond acceptors (Lipinski definition) is 3. The standard InChI is InChI=1S/C25H47NO2Si2/c1-8-9-10-11-12-13-14-15-16-17-18-23-19-20-25(27-29(2,3)4)24(21-23)22-26-28-30(5,6)7/h19-22H,8-18H2,1-7H3/b26-22+. The first-order valence-electron chi connectivity index (χ1n) is 12.1. The third-order valence-corrected chi connectivity index (χ3v) is 6.31. The lowest BCUT2D eigenvalue weighted by Crippen LogP contribution is -2.29. The minimum Gasteiger partial charge on any atom is -0.544 e. The molecule has 0 saturated heterocycles. The van der Waals surface area contributed by atoms with Crippen LogP contribution in [-0.4, -0.2) is 22.8 Å². The van der Waals surface area contributed by atoms with Crippen LogP contribution in [0.25, 0.3) is 0 Å². The molecule has 0 spiro atoms. The molecule has 0 saturated carbocycles. The molecule has 30 heavy (non-hydrogen) atoms. The number of oxime groups is 1. The molecular formula is C25H47NO2Si2. The molecule has 0 N–H and O–H groups in total. The zero-order valence-corrected chi connectivity index (χ0v) is 22.9. The minimum atomic E-state index is -1.67. The van der Waals surface area contributed by atoms with Crippen LogP contribution in [-0.2, 0) is 10.9 Å². The van der Waals surface area contributed by atoms with Crippen molar-refractivity contribution in [1.82, 2.24) is 0 Å². The summed E-state index contributed by atoms with van der Waals surface area (Å²) >= 11 is 0. The first-order valence-corrected chi connectivity index (χ1v) is 19.0. The Morgan fingerprint density at radius 2 is 1.33 bits per heavy atom. The third-order valence-electron chi connectivity index (χ3n) is 4.83. The van der Waals surface area contributed by atoms with E-state index in [0.29, 0.717) is 0 Å². The van der Waals surface area contributed by atoms with Crippen LogP contribution >= 0.6 is 0 Å². The first kappa shape index (κ1) is 27.0. The Labute approximate surface area is 188 Å². The summed E-state index contributed by atoms with van der Waals surface area (Å²) in [5.41, 5.74) is 2.41. The van der Waals surface area contributed by atoms with Crippen molar-refractivity contribution in [3.05, 3.63) is 29.3 Å². The number of nitrogens with zero attached hydrogens (tertiary/aromatic N) is 1. The minimum absolute atomic E-state index is 0.934. The molecule has 0 radical (unpaired) electrons. The van der Waals surface area contributed by atoms with E-state index >= 15 is 0 Å². The van der Waals surface area contributed by atoms with Crippen molar-refractivity contribution >= 4 is 22.8 Å². The van der Waals surface area contributed by atoms with Gasteiger partial charge in [0.25, 0.3) is 8.32 Å². The SMILES string of the molecule is CCCCCCCCCCCCc1ccc(O[Si](C)(C)C)c(/C=N/O[Si](C)(C)C)c1. The molecule has 0 atom stereocenters. The highest BCUT2D eigenvalue weighted by molar-refractivity contribution is 6.70. The van der Waals surface area contributed by atoms with Crippen LogP contribution in [0.3, 0.4) is 0 Å². The van der Waals surface area contributed by atoms with Gasteiger partial charge in [-0.1, -0.05) is 70.8 Å². The van der Waals surface area contributed by atoms with Crippen LogP contribution in [0, 0.1) is 0 Å². The van der Waals surface area contributed by atoms with Crippen molar-refractivity contribution in [2.45, 2.75) is 117 Å². The van der Waals surface area contributed by atoms with Crippen molar-refractivity contribution in [3.8, 4) is 5.75 Å². The topological polar surface area (TPSA) is 30.8 Å². The zero-order valence-electron chi connectivity index (χ0n) is 20.9. The summed E-state index contributed by atoms with van der Waals surface area (Å²) in [5, 5.41) is 4.27. The van der Waals surface area contributed by atoms with E-state index in [2.05, 4.69) is 69.6 Å². The largest absolute Gasteiger partial charge is 0.544 e. The highest BCUT2D eigenvalue weighted by Crippen LogP contribution is 2.23. The second-order valence-electron chi connectivity index (χ2n) is 10.5. The molecule has 0 aliphatic carbocycles. The van der Waals surface area contributed by atoms with Crippen LogP contribution in [0.2, 0.25) is 39.3 Å². The highest BCUT2D eigenvalue weighted by Gasteiger charge is 2.19. The smallest absolute Gasteiger partial charge is 0.278 e. The summed E-state index contributed by atoms with van der Waals surface area (Å²) in [7, 11) is -3.34. The van der Waals surface area contributed by atoms with E-state index in [1.54, 1.807) is 0 Å². The Balaban J connectivity index is 2.51. The molecule has 0 aliphatic heterocycles. The summed E-state index contributed by atoms with van der Waals surface area (Å²) in [5.74, 6) is 0.934. The number of hydrogen-bond donors (Lipinski definition) is 0. The molecule has 0 aromatic heterocycles. The number of rotatable bonds is 16. The van der Waals surface area contributed by atoms with Crippen molar-refractivity contribution in [1.29, 1.82) is 0 Å². The lowest BCUT2D eigenvalue weighted by molar-refractivity contribution is 0.338. The van der Waals surface area contributed by atoms with Gasteiger partial charge in [-0.15, -0.1) is 5.16 Å². The molecule has 1 aromatic carbocycles. The molecular weight excluding hydrogens is 402 g/mol. The second-order valence-corrected chi connectivity index (χ2v) is 19.3. The van der Waals surface area contributed by atoms with Crippen molar-refractivity contribution < 1.29 is 8.95 Å². The summed E-state index contributed by atoms with van der Waals surface area (Å²) in [4.78, 5) is 0. The molecule has 3 nitrogen and oxygen atoms in total. The van der Waals surface area contributed by atoms with Gasteiger partial charge in [0, 0.05) is 5.56 Å². The van der Waals surface area contributed by atoms with E-state index < -0.39 is 16.6 Å². The molecule has 0 aliphatic rings. The van der Waals surface area contributed by atoms with Gasteiger partial charge in [-0.2, -0.15) is 0 Å². The fourth-order valence-corrected chi connectivity index (χ4v) is 4.55. The Kier molecular flexibility index (Phi) is 12.6. The predicted octanol–water partition coefficient (Wildman–Crippen LogP) is 8.55. The summed E-state index contributed by atoms with van der Waals surface area (Å²) in [6.45, 7) is 15.4. The quantitative estimate of drug-likeness (QED) is 0.109. The van der Waals surface area contributed by atoms with Gasteiger partial charge in [0.05, 0.1) is 6.21 Å². The van der Waals surface area contributed by atoms with Crippen LogP contribution in [0.1, 0.15) is 82.3 Å². The van der Waals surface area contributed by atoms with Crippen LogP contribution in [0.4, 0.5) is 0 Å². The van der Waals surface area contributed by atoms with Crippen molar-refractivity contribution in [2.75, 3.05) is 0 Å². The molecule has 1 rings (SSSR count). The number of aryl methyl sites for hydroxylation is 1. The lowest BCUT2D eigenvalue weighted by Gasteiger charge is -2.21. The molecule has 0 heterocycles. The van der Waals surface area contributed by atoms with Crippen molar-refractivity contribution in [2.24, 2.45) is 5.16 Å². The predicted molar refractivity (Wildman–Crippen MR) is 138 cm³/mol. The fraction of sp³-hybridized carbons (Fsp3) is 0.720. The van der Waals surface area contributed by atoms with E-state index in [1.807, 2.05) is 6.21 Å². The van der Waals surface area contributed by atoms with Crippen LogP contribution < -0.4 is 4.43 Å². The van der Waals surface area contributed by atoms with E-state index in [4.69, 9.17) is 8.95 Å². The Morgan fingerprint density at radius 1 is 0.767 bits per heavy atom. The molecule has 172 valence electrons.